The highest BCUT2D eigenvalue weighted by Crippen LogP contribution is 2.25. The molecular weight excluding hydrogens is 158 g/mol. The van der Waals surface area contributed by atoms with Gasteiger partial charge in [-0.2, -0.15) is 11.8 Å². The Kier molecular flexibility index (Phi) is 4.26. The lowest BCUT2D eigenvalue weighted by molar-refractivity contribution is 0.127. The molecule has 1 aliphatic rings. The van der Waals surface area contributed by atoms with Crippen LogP contribution in [0.4, 0.5) is 0 Å². The van der Waals surface area contributed by atoms with Crippen molar-refractivity contribution in [3.63, 3.8) is 0 Å². The minimum atomic E-state index is 0.469. The number of hydrogen-bond acceptors (Lipinski definition) is 3. The summed E-state index contributed by atoms with van der Waals surface area (Å²) in [6.45, 7) is 4.23. The zero-order valence-corrected chi connectivity index (χ0v) is 8.12. The van der Waals surface area contributed by atoms with E-state index < -0.39 is 0 Å². The fourth-order valence-corrected chi connectivity index (χ4v) is 2.48. The molecule has 2 atom stereocenters. The van der Waals surface area contributed by atoms with Crippen LogP contribution in [0, 0.1) is 0 Å². The molecule has 0 radical (unpaired) electrons. The molecule has 3 heteroatoms. The monoisotopic (exact) mass is 175 g/mol. The minimum absolute atomic E-state index is 0.469. The van der Waals surface area contributed by atoms with E-state index in [-0.39, 0.29) is 0 Å². The molecule has 0 aromatic rings. The average Bonchev–Trinajstić information content (AvgIpc) is 2.37. The van der Waals surface area contributed by atoms with Crippen molar-refractivity contribution in [2.24, 2.45) is 0 Å². The molecule has 0 spiro atoms. The fourth-order valence-electron chi connectivity index (χ4n) is 1.24. The van der Waals surface area contributed by atoms with Crippen LogP contribution in [0.1, 0.15) is 13.3 Å². The van der Waals surface area contributed by atoms with Gasteiger partial charge in [-0.05, 0) is 20.4 Å². The maximum atomic E-state index is 5.45. The van der Waals surface area contributed by atoms with Crippen molar-refractivity contribution in [2.75, 3.05) is 26.0 Å². The lowest BCUT2D eigenvalue weighted by Gasteiger charge is -2.12. The Morgan fingerprint density at radius 1 is 1.64 bits per heavy atom. The van der Waals surface area contributed by atoms with Gasteiger partial charge in [-0.3, -0.25) is 0 Å². The Bertz CT molecular complexity index is 110. The Balaban J connectivity index is 2.05. The molecule has 1 N–H and O–H groups in total. The van der Waals surface area contributed by atoms with Gasteiger partial charge in [0.1, 0.15) is 0 Å². The normalized spacial score (nSPS) is 31.1. The molecule has 0 aromatic heterocycles. The predicted octanol–water partition coefficient (Wildman–Crippen LogP) is 1.12. The first-order valence-corrected chi connectivity index (χ1v) is 5.27. The summed E-state index contributed by atoms with van der Waals surface area (Å²) in [4.78, 5) is 0. The van der Waals surface area contributed by atoms with Gasteiger partial charge in [0.05, 0.1) is 6.10 Å². The summed E-state index contributed by atoms with van der Waals surface area (Å²) < 4.78 is 5.45. The zero-order chi connectivity index (χ0) is 8.10. The van der Waals surface area contributed by atoms with Gasteiger partial charge in [0.2, 0.25) is 0 Å². The van der Waals surface area contributed by atoms with Crippen molar-refractivity contribution in [1.29, 1.82) is 0 Å². The summed E-state index contributed by atoms with van der Waals surface area (Å²) in [5.74, 6) is 1.20. The van der Waals surface area contributed by atoms with E-state index in [4.69, 9.17) is 4.74 Å². The second kappa shape index (κ2) is 5.01. The van der Waals surface area contributed by atoms with E-state index in [2.05, 4.69) is 12.2 Å². The number of hydrogen-bond donors (Lipinski definition) is 1. The molecule has 1 heterocycles. The molecule has 1 aliphatic heterocycles. The van der Waals surface area contributed by atoms with Crippen molar-refractivity contribution in [3.8, 4) is 0 Å². The molecule has 2 nitrogen and oxygen atoms in total. The van der Waals surface area contributed by atoms with E-state index in [0.717, 1.165) is 18.4 Å². The Morgan fingerprint density at radius 2 is 2.45 bits per heavy atom. The largest absolute Gasteiger partial charge is 0.377 e. The van der Waals surface area contributed by atoms with Crippen LogP contribution >= 0.6 is 11.8 Å². The van der Waals surface area contributed by atoms with Crippen LogP contribution in [-0.2, 0) is 4.74 Å². The van der Waals surface area contributed by atoms with Crippen LogP contribution in [0.3, 0.4) is 0 Å². The molecule has 1 rings (SSSR count). The van der Waals surface area contributed by atoms with Gasteiger partial charge < -0.3 is 10.1 Å². The molecule has 2 unspecified atom stereocenters. The highest BCUT2D eigenvalue weighted by molar-refractivity contribution is 8.00. The summed E-state index contributed by atoms with van der Waals surface area (Å²) in [5.41, 5.74) is 0. The Morgan fingerprint density at radius 3 is 3.00 bits per heavy atom. The first-order valence-electron chi connectivity index (χ1n) is 4.22. The SMILES string of the molecule is CNCCSC1CCOC1C. The Labute approximate surface area is 73.1 Å². The molecule has 0 bridgehead atoms. The summed E-state index contributed by atoms with van der Waals surface area (Å²) in [7, 11) is 2.00. The van der Waals surface area contributed by atoms with Gasteiger partial charge in [-0.15, -0.1) is 0 Å². The highest BCUT2D eigenvalue weighted by Gasteiger charge is 2.23. The van der Waals surface area contributed by atoms with Gasteiger partial charge in [-0.25, -0.2) is 0 Å². The van der Waals surface area contributed by atoms with Crippen molar-refractivity contribution in [3.05, 3.63) is 0 Å². The molecule has 66 valence electrons. The minimum Gasteiger partial charge on any atom is -0.377 e. The van der Waals surface area contributed by atoms with Crippen LogP contribution in [0.15, 0.2) is 0 Å². The third-order valence-electron chi connectivity index (χ3n) is 1.99. The third kappa shape index (κ3) is 3.01. The second-order valence-corrected chi connectivity index (χ2v) is 4.22. The molecule has 1 fully saturated rings. The van der Waals surface area contributed by atoms with Crippen LogP contribution in [0.2, 0.25) is 0 Å². The molecular formula is C8H17NOS. The van der Waals surface area contributed by atoms with Gasteiger partial charge in [-0.1, -0.05) is 0 Å². The first-order chi connectivity index (χ1) is 5.34. The van der Waals surface area contributed by atoms with Crippen molar-refractivity contribution in [1.82, 2.24) is 5.32 Å². The molecule has 11 heavy (non-hydrogen) atoms. The van der Waals surface area contributed by atoms with Gasteiger partial charge in [0.15, 0.2) is 0 Å². The van der Waals surface area contributed by atoms with Crippen LogP contribution in [0.25, 0.3) is 0 Å². The molecule has 1 saturated heterocycles. The summed E-state index contributed by atoms with van der Waals surface area (Å²) in [6.07, 6.45) is 1.70. The average molecular weight is 175 g/mol. The summed E-state index contributed by atoms with van der Waals surface area (Å²) in [6, 6.07) is 0. The topological polar surface area (TPSA) is 21.3 Å². The van der Waals surface area contributed by atoms with E-state index in [1.54, 1.807) is 0 Å². The van der Waals surface area contributed by atoms with Gasteiger partial charge >= 0.3 is 0 Å². The van der Waals surface area contributed by atoms with Crippen LogP contribution < -0.4 is 5.32 Å². The zero-order valence-electron chi connectivity index (χ0n) is 7.30. The number of ether oxygens (including phenoxy) is 1. The molecule has 0 aliphatic carbocycles. The van der Waals surface area contributed by atoms with E-state index in [1.807, 2.05) is 18.8 Å². The lowest BCUT2D eigenvalue weighted by Crippen LogP contribution is -2.17. The fraction of sp³-hybridized carbons (Fsp3) is 1.00. The van der Waals surface area contributed by atoms with Crippen LogP contribution in [0.5, 0.6) is 0 Å². The quantitative estimate of drug-likeness (QED) is 0.647. The smallest absolute Gasteiger partial charge is 0.0666 e. The van der Waals surface area contributed by atoms with E-state index in [1.165, 1.54) is 12.2 Å². The highest BCUT2D eigenvalue weighted by atomic mass is 32.2. The molecule has 0 saturated carbocycles. The standard InChI is InChI=1S/C8H17NOS/c1-7-8(3-5-10-7)11-6-4-9-2/h7-9H,3-6H2,1-2H3. The number of rotatable bonds is 4. The number of thioether (sulfide) groups is 1. The first kappa shape index (κ1) is 9.36. The van der Waals surface area contributed by atoms with Gasteiger partial charge in [0, 0.05) is 24.2 Å². The molecule has 0 aromatic carbocycles. The maximum absolute atomic E-state index is 5.45. The van der Waals surface area contributed by atoms with E-state index in [9.17, 15) is 0 Å². The van der Waals surface area contributed by atoms with Crippen molar-refractivity contribution >= 4 is 11.8 Å². The van der Waals surface area contributed by atoms with E-state index in [0.29, 0.717) is 6.10 Å². The molecule has 0 amide bonds. The third-order valence-corrected chi connectivity index (χ3v) is 3.48. The van der Waals surface area contributed by atoms with E-state index >= 15 is 0 Å². The second-order valence-electron chi connectivity index (χ2n) is 2.88. The lowest BCUT2D eigenvalue weighted by atomic mass is 10.3. The van der Waals surface area contributed by atoms with Gasteiger partial charge in [0.25, 0.3) is 0 Å². The Hall–Kier alpha value is 0.270. The number of nitrogens with one attached hydrogen (secondary N) is 1. The van der Waals surface area contributed by atoms with Crippen LogP contribution in [-0.4, -0.2) is 37.3 Å². The summed E-state index contributed by atoms with van der Waals surface area (Å²) >= 11 is 2.03. The maximum Gasteiger partial charge on any atom is 0.0666 e. The summed E-state index contributed by atoms with van der Waals surface area (Å²) in [5, 5.41) is 3.88. The predicted molar refractivity (Wildman–Crippen MR) is 50.2 cm³/mol. The van der Waals surface area contributed by atoms with Crippen molar-refractivity contribution in [2.45, 2.75) is 24.7 Å². The van der Waals surface area contributed by atoms with Crippen molar-refractivity contribution < 1.29 is 4.74 Å².